The maximum atomic E-state index is 11.0. The van der Waals surface area contributed by atoms with E-state index >= 15 is 0 Å². The smallest absolute Gasteiger partial charge is 0.449 e. The van der Waals surface area contributed by atoms with Crippen LogP contribution in [0.2, 0.25) is 0 Å². The van der Waals surface area contributed by atoms with E-state index in [-0.39, 0.29) is 11.4 Å². The molecule has 0 saturated heterocycles. The van der Waals surface area contributed by atoms with E-state index in [0.29, 0.717) is 12.2 Å². The maximum Gasteiger partial charge on any atom is 0.513 e. The third kappa shape index (κ3) is 2.93. The molecule has 76 valence electrons. The Kier molecular flexibility index (Phi) is 3.28. The first-order valence-corrected chi connectivity index (χ1v) is 4.16. The van der Waals surface area contributed by atoms with Crippen LogP contribution in [-0.4, -0.2) is 11.3 Å². The summed E-state index contributed by atoms with van der Waals surface area (Å²) < 4.78 is 9.24. The lowest BCUT2D eigenvalue weighted by Crippen LogP contribution is -2.07. The molecule has 5 heteroatoms. The summed E-state index contributed by atoms with van der Waals surface area (Å²) in [7, 11) is 0. The van der Waals surface area contributed by atoms with Gasteiger partial charge in [0.2, 0.25) is 0 Å². The number of hydrogen-bond donors (Lipinski definition) is 1. The first kappa shape index (κ1) is 10.3. The van der Waals surface area contributed by atoms with Gasteiger partial charge in [-0.2, -0.15) is 0 Å². The Morgan fingerprint density at radius 1 is 1.57 bits per heavy atom. The second-order valence-electron chi connectivity index (χ2n) is 2.70. The molecule has 0 saturated carbocycles. The predicted molar refractivity (Wildman–Crippen MR) is 47.6 cm³/mol. The average Bonchev–Trinajstić information content (AvgIpc) is 2.01. The lowest BCUT2D eigenvalue weighted by molar-refractivity contribution is 0.130. The fraction of sp³-hybridized carbons (Fsp3) is 0.333. The van der Waals surface area contributed by atoms with Gasteiger partial charge in [0.25, 0.3) is 5.95 Å². The molecule has 5 nitrogen and oxygen atoms in total. The molecule has 0 spiro atoms. The molecule has 0 bridgehead atoms. The standard InChI is InChI=1S/C9H10O5/c1-2-3-7-4-6(10)5-8(13-7)14-9(11)12/h4-5H,2-3H2,1H3,(H,11,12). The fourth-order valence-corrected chi connectivity index (χ4v) is 1.01. The van der Waals surface area contributed by atoms with Crippen LogP contribution in [0.15, 0.2) is 21.3 Å². The zero-order valence-corrected chi connectivity index (χ0v) is 7.65. The van der Waals surface area contributed by atoms with Crippen molar-refractivity contribution in [2.45, 2.75) is 19.8 Å². The van der Waals surface area contributed by atoms with Gasteiger partial charge in [-0.05, 0) is 6.42 Å². The van der Waals surface area contributed by atoms with E-state index in [2.05, 4.69) is 4.74 Å². The zero-order chi connectivity index (χ0) is 10.6. The molecule has 14 heavy (non-hydrogen) atoms. The van der Waals surface area contributed by atoms with Crippen molar-refractivity contribution in [2.24, 2.45) is 0 Å². The van der Waals surface area contributed by atoms with Crippen molar-refractivity contribution in [3.8, 4) is 5.95 Å². The van der Waals surface area contributed by atoms with Crippen LogP contribution in [0.4, 0.5) is 4.79 Å². The van der Waals surface area contributed by atoms with Gasteiger partial charge in [-0.15, -0.1) is 0 Å². The van der Waals surface area contributed by atoms with Crippen molar-refractivity contribution >= 4 is 6.16 Å². The van der Waals surface area contributed by atoms with Crippen LogP contribution in [0.3, 0.4) is 0 Å². The number of aryl methyl sites for hydroxylation is 1. The van der Waals surface area contributed by atoms with E-state index in [1.807, 2.05) is 6.92 Å². The summed E-state index contributed by atoms with van der Waals surface area (Å²) in [6.45, 7) is 1.92. The van der Waals surface area contributed by atoms with Gasteiger partial charge in [0.05, 0.1) is 6.07 Å². The highest BCUT2D eigenvalue weighted by Crippen LogP contribution is 2.11. The molecule has 0 aromatic carbocycles. The summed E-state index contributed by atoms with van der Waals surface area (Å²) in [6, 6.07) is 2.31. The second kappa shape index (κ2) is 4.45. The molecule has 1 aromatic rings. The van der Waals surface area contributed by atoms with Crippen LogP contribution < -0.4 is 10.2 Å². The Labute approximate surface area is 79.9 Å². The normalized spacial score (nSPS) is 9.79. The number of hydrogen-bond acceptors (Lipinski definition) is 4. The van der Waals surface area contributed by atoms with E-state index in [9.17, 15) is 9.59 Å². The molecule has 0 atom stereocenters. The monoisotopic (exact) mass is 198 g/mol. The van der Waals surface area contributed by atoms with Crippen molar-refractivity contribution in [3.05, 3.63) is 28.1 Å². The quantitative estimate of drug-likeness (QED) is 0.747. The molecule has 1 aromatic heterocycles. The number of ether oxygens (including phenoxy) is 1. The zero-order valence-electron chi connectivity index (χ0n) is 7.65. The molecule has 0 aliphatic rings. The summed E-state index contributed by atoms with van der Waals surface area (Å²) in [6.07, 6.45) is -0.118. The Bertz CT molecular complexity index is 379. The third-order valence-corrected chi connectivity index (χ3v) is 1.48. The van der Waals surface area contributed by atoms with E-state index in [1.54, 1.807) is 0 Å². The molecule has 0 aliphatic carbocycles. The number of carbonyl (C=O) groups is 1. The van der Waals surface area contributed by atoms with Gasteiger partial charge >= 0.3 is 6.16 Å². The largest absolute Gasteiger partial charge is 0.513 e. The molecular weight excluding hydrogens is 188 g/mol. The Balaban J connectivity index is 2.94. The molecule has 1 rings (SSSR count). The topological polar surface area (TPSA) is 76.7 Å². The number of rotatable bonds is 3. The Hall–Kier alpha value is -1.78. The van der Waals surface area contributed by atoms with E-state index in [1.165, 1.54) is 6.07 Å². The Morgan fingerprint density at radius 2 is 2.29 bits per heavy atom. The van der Waals surface area contributed by atoms with Gasteiger partial charge in [0, 0.05) is 12.5 Å². The van der Waals surface area contributed by atoms with Crippen LogP contribution in [0.25, 0.3) is 0 Å². The molecule has 0 unspecified atom stereocenters. The Morgan fingerprint density at radius 3 is 2.86 bits per heavy atom. The summed E-state index contributed by atoms with van der Waals surface area (Å²) in [5.74, 6) is 0.143. The molecular formula is C9H10O5. The summed E-state index contributed by atoms with van der Waals surface area (Å²) in [4.78, 5) is 21.2. The van der Waals surface area contributed by atoms with Crippen molar-refractivity contribution in [1.82, 2.24) is 0 Å². The molecule has 0 radical (unpaired) electrons. The molecule has 0 amide bonds. The second-order valence-corrected chi connectivity index (χ2v) is 2.70. The third-order valence-electron chi connectivity index (χ3n) is 1.48. The van der Waals surface area contributed by atoms with Crippen molar-refractivity contribution in [2.75, 3.05) is 0 Å². The van der Waals surface area contributed by atoms with Gasteiger partial charge in [-0.3, -0.25) is 4.79 Å². The van der Waals surface area contributed by atoms with Crippen molar-refractivity contribution < 1.29 is 19.1 Å². The van der Waals surface area contributed by atoms with Crippen molar-refractivity contribution in [1.29, 1.82) is 0 Å². The van der Waals surface area contributed by atoms with Crippen molar-refractivity contribution in [3.63, 3.8) is 0 Å². The van der Waals surface area contributed by atoms with Gasteiger partial charge in [0.1, 0.15) is 5.76 Å². The minimum absolute atomic E-state index is 0.284. The van der Waals surface area contributed by atoms with Crippen LogP contribution in [0.5, 0.6) is 5.95 Å². The maximum absolute atomic E-state index is 11.0. The summed E-state index contributed by atoms with van der Waals surface area (Å²) in [5.41, 5.74) is -0.323. The highest BCUT2D eigenvalue weighted by molar-refractivity contribution is 5.59. The van der Waals surface area contributed by atoms with Gasteiger partial charge in [-0.25, -0.2) is 4.79 Å². The average molecular weight is 198 g/mol. The first-order valence-electron chi connectivity index (χ1n) is 4.16. The van der Waals surface area contributed by atoms with Crippen LogP contribution >= 0.6 is 0 Å². The minimum Gasteiger partial charge on any atom is -0.449 e. The fourth-order valence-electron chi connectivity index (χ4n) is 1.01. The van der Waals surface area contributed by atoms with Gasteiger partial charge < -0.3 is 14.3 Å². The van der Waals surface area contributed by atoms with E-state index < -0.39 is 6.16 Å². The summed E-state index contributed by atoms with van der Waals surface area (Å²) >= 11 is 0. The molecule has 0 aliphatic heterocycles. The van der Waals surface area contributed by atoms with Crippen LogP contribution in [0, 0.1) is 0 Å². The van der Waals surface area contributed by atoms with Crippen LogP contribution in [0.1, 0.15) is 19.1 Å². The van der Waals surface area contributed by atoms with E-state index in [4.69, 9.17) is 9.52 Å². The van der Waals surface area contributed by atoms with Gasteiger partial charge in [-0.1, -0.05) is 6.92 Å². The van der Waals surface area contributed by atoms with Gasteiger partial charge in [0.15, 0.2) is 5.43 Å². The molecule has 0 fully saturated rings. The molecule has 1 heterocycles. The lowest BCUT2D eigenvalue weighted by Gasteiger charge is -2.00. The number of carboxylic acid groups (broad SMARTS) is 1. The highest BCUT2D eigenvalue weighted by Gasteiger charge is 2.06. The highest BCUT2D eigenvalue weighted by atomic mass is 16.7. The van der Waals surface area contributed by atoms with Crippen LogP contribution in [-0.2, 0) is 6.42 Å². The minimum atomic E-state index is -1.50. The molecule has 1 N–H and O–H groups in total. The first-order chi connectivity index (χ1) is 6.61. The SMILES string of the molecule is CCCc1cc(=O)cc(OC(=O)O)o1. The lowest BCUT2D eigenvalue weighted by atomic mass is 10.2. The van der Waals surface area contributed by atoms with E-state index in [0.717, 1.165) is 12.5 Å². The summed E-state index contributed by atoms with van der Waals surface area (Å²) in [5, 5.41) is 8.29. The predicted octanol–water partition coefficient (Wildman–Crippen LogP) is 1.65.